The van der Waals surface area contributed by atoms with Gasteiger partial charge in [-0.25, -0.2) is 0 Å². The van der Waals surface area contributed by atoms with Gasteiger partial charge >= 0.3 is 0 Å². The van der Waals surface area contributed by atoms with Crippen molar-refractivity contribution in [3.63, 3.8) is 0 Å². The third kappa shape index (κ3) is 6.36. The zero-order chi connectivity index (χ0) is 24.2. The summed E-state index contributed by atoms with van der Waals surface area (Å²) in [6, 6.07) is 13.7. The smallest absolute Gasteiger partial charge is 0.291 e. The van der Waals surface area contributed by atoms with E-state index in [4.69, 9.17) is 0 Å². The van der Waals surface area contributed by atoms with Crippen LogP contribution in [0, 0.1) is 0 Å². The molecular formula is C22H25N5O4S2. The monoisotopic (exact) mass is 487 g/mol. The summed E-state index contributed by atoms with van der Waals surface area (Å²) >= 11 is 0.743. The Morgan fingerprint density at radius 1 is 0.970 bits per heavy atom. The maximum atomic E-state index is 12.6. The predicted octanol–water partition coefficient (Wildman–Crippen LogP) is 4.24. The van der Waals surface area contributed by atoms with Crippen LogP contribution in [-0.2, 0) is 20.2 Å². The lowest BCUT2D eigenvalue weighted by atomic mass is 9.87. The molecule has 0 saturated carbocycles. The molecule has 3 aromatic rings. The van der Waals surface area contributed by atoms with E-state index in [9.17, 15) is 18.0 Å². The van der Waals surface area contributed by atoms with Gasteiger partial charge in [0.05, 0.1) is 5.69 Å². The van der Waals surface area contributed by atoms with Gasteiger partial charge in [0.1, 0.15) is 0 Å². The van der Waals surface area contributed by atoms with Gasteiger partial charge in [0.2, 0.25) is 11.0 Å². The minimum atomic E-state index is -4.02. The first-order chi connectivity index (χ1) is 15.5. The summed E-state index contributed by atoms with van der Waals surface area (Å²) in [7, 11) is -4.02. The normalized spacial score (nSPS) is 11.6. The van der Waals surface area contributed by atoms with E-state index < -0.39 is 10.0 Å². The van der Waals surface area contributed by atoms with Crippen LogP contribution in [0.15, 0.2) is 52.9 Å². The van der Waals surface area contributed by atoms with Crippen molar-refractivity contribution in [2.75, 3.05) is 15.4 Å². The number of sulfonamides is 1. The van der Waals surface area contributed by atoms with Gasteiger partial charge in [-0.3, -0.25) is 14.3 Å². The number of rotatable bonds is 7. The van der Waals surface area contributed by atoms with Crippen molar-refractivity contribution in [3.8, 4) is 0 Å². The van der Waals surface area contributed by atoms with E-state index >= 15 is 0 Å². The average Bonchev–Trinajstić information content (AvgIpc) is 3.22. The number of aromatic nitrogens is 2. The zero-order valence-electron chi connectivity index (χ0n) is 18.7. The van der Waals surface area contributed by atoms with Crippen LogP contribution in [0.1, 0.15) is 50.0 Å². The Balaban J connectivity index is 1.70. The molecule has 0 fully saturated rings. The molecule has 33 heavy (non-hydrogen) atoms. The van der Waals surface area contributed by atoms with Crippen LogP contribution in [0.25, 0.3) is 0 Å². The number of nitrogens with zero attached hydrogens (tertiary/aromatic N) is 2. The minimum absolute atomic E-state index is 0.0181. The Morgan fingerprint density at radius 2 is 1.64 bits per heavy atom. The standard InChI is InChI=1S/C22H25N5O4S2/c1-5-18(28)24-20-25-26-21(32-20)33(30,31)27-17-8-6-7-16(13-17)23-19(29)14-9-11-15(12-10-14)22(2,3)4/h6-13,27H,5H2,1-4H3,(H,23,29)(H,24,25,28). The summed E-state index contributed by atoms with van der Waals surface area (Å²) < 4.78 is 27.4. The average molecular weight is 488 g/mol. The number of hydrogen-bond acceptors (Lipinski definition) is 7. The molecular weight excluding hydrogens is 462 g/mol. The quantitative estimate of drug-likeness (QED) is 0.428. The second-order valence-electron chi connectivity index (χ2n) is 8.24. The summed E-state index contributed by atoms with van der Waals surface area (Å²) in [4.78, 5) is 24.1. The highest BCUT2D eigenvalue weighted by Gasteiger charge is 2.21. The number of carbonyl (C=O) groups is 2. The molecule has 11 heteroatoms. The Bertz CT molecular complexity index is 1260. The molecule has 0 saturated heterocycles. The van der Waals surface area contributed by atoms with E-state index in [2.05, 4.69) is 46.3 Å². The topological polar surface area (TPSA) is 130 Å². The number of hydrogen-bond donors (Lipinski definition) is 3. The summed E-state index contributed by atoms with van der Waals surface area (Å²) in [6.07, 6.45) is 0.235. The van der Waals surface area contributed by atoms with E-state index in [-0.39, 0.29) is 38.8 Å². The van der Waals surface area contributed by atoms with E-state index in [0.29, 0.717) is 11.3 Å². The summed E-state index contributed by atoms with van der Waals surface area (Å²) in [5.74, 6) is -0.601. The SMILES string of the molecule is CCC(=O)Nc1nnc(S(=O)(=O)Nc2cccc(NC(=O)c3ccc(C(C)(C)C)cc3)c2)s1. The van der Waals surface area contributed by atoms with E-state index in [1.165, 1.54) is 6.07 Å². The first-order valence-electron chi connectivity index (χ1n) is 10.2. The molecule has 1 aromatic heterocycles. The Kier molecular flexibility index (Phi) is 7.13. The molecule has 0 atom stereocenters. The highest BCUT2D eigenvalue weighted by atomic mass is 32.2. The third-order valence-corrected chi connectivity index (χ3v) is 7.18. The molecule has 0 bridgehead atoms. The molecule has 2 aromatic carbocycles. The van der Waals surface area contributed by atoms with Crippen molar-refractivity contribution in [1.82, 2.24) is 10.2 Å². The summed E-state index contributed by atoms with van der Waals surface area (Å²) in [5.41, 5.74) is 2.25. The molecule has 0 aliphatic carbocycles. The molecule has 3 rings (SSSR count). The number of benzene rings is 2. The van der Waals surface area contributed by atoms with Gasteiger partial charge in [-0.1, -0.05) is 57.2 Å². The number of anilines is 3. The highest BCUT2D eigenvalue weighted by Crippen LogP contribution is 2.25. The number of carbonyl (C=O) groups excluding carboxylic acids is 2. The van der Waals surface area contributed by atoms with Gasteiger partial charge in [-0.2, -0.15) is 8.42 Å². The third-order valence-electron chi connectivity index (χ3n) is 4.59. The molecule has 1 heterocycles. The fourth-order valence-electron chi connectivity index (χ4n) is 2.76. The Labute approximate surface area is 196 Å². The van der Waals surface area contributed by atoms with Crippen LogP contribution in [0.3, 0.4) is 0 Å². The van der Waals surface area contributed by atoms with Crippen LogP contribution < -0.4 is 15.4 Å². The fraction of sp³-hybridized carbons (Fsp3) is 0.273. The molecule has 2 amide bonds. The molecule has 0 aliphatic rings. The number of amides is 2. The molecule has 174 valence electrons. The van der Waals surface area contributed by atoms with Crippen LogP contribution in [0.5, 0.6) is 0 Å². The second kappa shape index (κ2) is 9.67. The lowest BCUT2D eigenvalue weighted by Crippen LogP contribution is -2.15. The lowest BCUT2D eigenvalue weighted by Gasteiger charge is -2.19. The van der Waals surface area contributed by atoms with Crippen LogP contribution in [-0.4, -0.2) is 30.4 Å². The molecule has 0 unspecified atom stereocenters. The lowest BCUT2D eigenvalue weighted by molar-refractivity contribution is -0.115. The van der Waals surface area contributed by atoms with Gasteiger partial charge < -0.3 is 10.6 Å². The van der Waals surface area contributed by atoms with Crippen molar-refractivity contribution in [1.29, 1.82) is 0 Å². The van der Waals surface area contributed by atoms with E-state index in [1.54, 1.807) is 37.3 Å². The Morgan fingerprint density at radius 3 is 2.27 bits per heavy atom. The molecule has 3 N–H and O–H groups in total. The van der Waals surface area contributed by atoms with Crippen LogP contribution >= 0.6 is 11.3 Å². The predicted molar refractivity (Wildman–Crippen MR) is 129 cm³/mol. The molecule has 9 nitrogen and oxygen atoms in total. The van der Waals surface area contributed by atoms with Crippen LogP contribution in [0.2, 0.25) is 0 Å². The van der Waals surface area contributed by atoms with E-state index in [0.717, 1.165) is 16.9 Å². The van der Waals surface area contributed by atoms with Gasteiger partial charge in [-0.05, 0) is 41.3 Å². The number of nitrogens with one attached hydrogen (secondary N) is 3. The highest BCUT2D eigenvalue weighted by molar-refractivity contribution is 7.94. The van der Waals surface area contributed by atoms with Crippen molar-refractivity contribution >= 4 is 49.7 Å². The van der Waals surface area contributed by atoms with Crippen molar-refractivity contribution in [3.05, 3.63) is 59.7 Å². The second-order valence-corrected chi connectivity index (χ2v) is 11.1. The summed E-state index contributed by atoms with van der Waals surface area (Å²) in [5, 5.41) is 12.7. The van der Waals surface area contributed by atoms with Gasteiger partial charge in [0, 0.05) is 17.7 Å². The zero-order valence-corrected chi connectivity index (χ0v) is 20.3. The maximum absolute atomic E-state index is 12.6. The summed E-state index contributed by atoms with van der Waals surface area (Å²) in [6.45, 7) is 7.96. The fourth-order valence-corrected chi connectivity index (χ4v) is 4.73. The van der Waals surface area contributed by atoms with Crippen molar-refractivity contribution in [2.24, 2.45) is 0 Å². The minimum Gasteiger partial charge on any atom is -0.322 e. The molecule has 0 spiro atoms. The van der Waals surface area contributed by atoms with Gasteiger partial charge in [-0.15, -0.1) is 10.2 Å². The van der Waals surface area contributed by atoms with Crippen LogP contribution in [0.4, 0.5) is 16.5 Å². The van der Waals surface area contributed by atoms with E-state index in [1.807, 2.05) is 12.1 Å². The Hall–Kier alpha value is -3.31. The first-order valence-corrected chi connectivity index (χ1v) is 12.5. The van der Waals surface area contributed by atoms with Crippen molar-refractivity contribution in [2.45, 2.75) is 43.9 Å². The van der Waals surface area contributed by atoms with Crippen molar-refractivity contribution < 1.29 is 18.0 Å². The van der Waals surface area contributed by atoms with Gasteiger partial charge in [0.25, 0.3) is 20.3 Å². The largest absolute Gasteiger partial charge is 0.322 e. The molecule has 0 radical (unpaired) electrons. The first kappa shape index (κ1) is 24.3. The maximum Gasteiger partial charge on any atom is 0.291 e. The van der Waals surface area contributed by atoms with Gasteiger partial charge in [0.15, 0.2) is 0 Å². The molecule has 0 aliphatic heterocycles.